The van der Waals surface area contributed by atoms with Gasteiger partial charge in [0, 0.05) is 25.1 Å². The quantitative estimate of drug-likeness (QED) is 0.823. The first-order chi connectivity index (χ1) is 8.78. The molecule has 0 amide bonds. The standard InChI is InChI=1S/C16H21NO/c1-14-9-10-17(12-14)13-16-7-5-15(6-8-16)4-2-3-11-18/h5-8,14,18H,3,9-13H2,1H3. The maximum Gasteiger partial charge on any atom is 0.0540 e. The van der Waals surface area contributed by atoms with Gasteiger partial charge >= 0.3 is 0 Å². The van der Waals surface area contributed by atoms with Crippen LogP contribution in [-0.4, -0.2) is 29.7 Å². The molecule has 0 spiro atoms. The molecule has 1 aromatic rings. The summed E-state index contributed by atoms with van der Waals surface area (Å²) in [6.07, 6.45) is 1.87. The molecule has 1 aliphatic heterocycles. The van der Waals surface area contributed by atoms with Gasteiger partial charge in [-0.1, -0.05) is 30.9 Å². The molecule has 1 unspecified atom stereocenters. The summed E-state index contributed by atoms with van der Waals surface area (Å²) in [5.41, 5.74) is 2.39. The monoisotopic (exact) mass is 243 g/mol. The Morgan fingerprint density at radius 3 is 2.72 bits per heavy atom. The maximum absolute atomic E-state index is 8.66. The summed E-state index contributed by atoms with van der Waals surface area (Å²) in [7, 11) is 0. The molecule has 2 heteroatoms. The van der Waals surface area contributed by atoms with Gasteiger partial charge in [0.2, 0.25) is 0 Å². The van der Waals surface area contributed by atoms with Gasteiger partial charge in [0.05, 0.1) is 6.61 Å². The van der Waals surface area contributed by atoms with E-state index in [1.54, 1.807) is 0 Å². The van der Waals surface area contributed by atoms with Crippen LogP contribution in [0.25, 0.3) is 0 Å². The lowest BCUT2D eigenvalue weighted by Crippen LogP contribution is -2.19. The predicted octanol–water partition coefficient (Wildman–Crippen LogP) is 2.26. The van der Waals surface area contributed by atoms with E-state index >= 15 is 0 Å². The maximum atomic E-state index is 8.66. The zero-order chi connectivity index (χ0) is 12.8. The van der Waals surface area contributed by atoms with Crippen LogP contribution in [0.2, 0.25) is 0 Å². The molecule has 0 aliphatic carbocycles. The normalized spacial score (nSPS) is 19.6. The van der Waals surface area contributed by atoms with Crippen molar-refractivity contribution in [2.45, 2.75) is 26.3 Å². The fourth-order valence-corrected chi connectivity index (χ4v) is 2.34. The zero-order valence-electron chi connectivity index (χ0n) is 11.0. The number of aliphatic hydroxyl groups is 1. The minimum atomic E-state index is 0.137. The molecule has 1 heterocycles. The van der Waals surface area contributed by atoms with Crippen LogP contribution in [0.15, 0.2) is 24.3 Å². The topological polar surface area (TPSA) is 23.5 Å². The number of nitrogens with zero attached hydrogens (tertiary/aromatic N) is 1. The summed E-state index contributed by atoms with van der Waals surface area (Å²) in [6.45, 7) is 5.95. The van der Waals surface area contributed by atoms with Crippen LogP contribution in [-0.2, 0) is 6.54 Å². The van der Waals surface area contributed by atoms with E-state index in [1.165, 1.54) is 25.1 Å². The van der Waals surface area contributed by atoms with E-state index in [0.29, 0.717) is 6.42 Å². The molecular weight excluding hydrogens is 222 g/mol. The average Bonchev–Trinajstić information content (AvgIpc) is 2.77. The fraction of sp³-hybridized carbons (Fsp3) is 0.500. The van der Waals surface area contributed by atoms with Gasteiger partial charge in [-0.15, -0.1) is 0 Å². The van der Waals surface area contributed by atoms with Crippen LogP contribution in [0.4, 0.5) is 0 Å². The predicted molar refractivity (Wildman–Crippen MR) is 74.1 cm³/mol. The zero-order valence-corrected chi connectivity index (χ0v) is 11.0. The Labute approximate surface area is 110 Å². The summed E-state index contributed by atoms with van der Waals surface area (Å²) in [4.78, 5) is 2.51. The Balaban J connectivity index is 1.90. The second kappa shape index (κ2) is 6.58. The van der Waals surface area contributed by atoms with E-state index in [9.17, 15) is 0 Å². The van der Waals surface area contributed by atoms with Gasteiger partial charge in [-0.2, -0.15) is 0 Å². The van der Waals surface area contributed by atoms with Crippen molar-refractivity contribution < 1.29 is 5.11 Å². The smallest absolute Gasteiger partial charge is 0.0540 e. The summed E-state index contributed by atoms with van der Waals surface area (Å²) in [6, 6.07) is 8.45. The van der Waals surface area contributed by atoms with E-state index in [-0.39, 0.29) is 6.61 Å². The summed E-state index contributed by atoms with van der Waals surface area (Å²) < 4.78 is 0. The van der Waals surface area contributed by atoms with Crippen LogP contribution in [0.3, 0.4) is 0 Å². The molecule has 1 N–H and O–H groups in total. The fourth-order valence-electron chi connectivity index (χ4n) is 2.34. The highest BCUT2D eigenvalue weighted by atomic mass is 16.2. The van der Waals surface area contributed by atoms with Crippen molar-refractivity contribution in [3.8, 4) is 11.8 Å². The number of aliphatic hydroxyl groups excluding tert-OH is 1. The highest BCUT2D eigenvalue weighted by Gasteiger charge is 2.18. The first-order valence-corrected chi connectivity index (χ1v) is 6.69. The molecule has 1 fully saturated rings. The molecule has 1 aliphatic rings. The van der Waals surface area contributed by atoms with E-state index in [0.717, 1.165) is 18.0 Å². The van der Waals surface area contributed by atoms with Crippen LogP contribution in [0.1, 0.15) is 30.9 Å². The largest absolute Gasteiger partial charge is 0.395 e. The van der Waals surface area contributed by atoms with E-state index in [4.69, 9.17) is 5.11 Å². The number of likely N-dealkylation sites (tertiary alicyclic amines) is 1. The Morgan fingerprint density at radius 1 is 1.33 bits per heavy atom. The molecular formula is C16H21NO. The van der Waals surface area contributed by atoms with Gasteiger partial charge in [0.1, 0.15) is 0 Å². The average molecular weight is 243 g/mol. The van der Waals surface area contributed by atoms with Crippen molar-refractivity contribution in [3.63, 3.8) is 0 Å². The van der Waals surface area contributed by atoms with Gasteiger partial charge in [0.25, 0.3) is 0 Å². The summed E-state index contributed by atoms with van der Waals surface area (Å²) >= 11 is 0. The first kappa shape index (κ1) is 13.1. The van der Waals surface area contributed by atoms with Crippen molar-refractivity contribution in [3.05, 3.63) is 35.4 Å². The highest BCUT2D eigenvalue weighted by Crippen LogP contribution is 2.17. The third-order valence-corrected chi connectivity index (χ3v) is 3.34. The SMILES string of the molecule is CC1CCN(Cc2ccc(C#CCCO)cc2)C1. The van der Waals surface area contributed by atoms with Crippen LogP contribution < -0.4 is 0 Å². The van der Waals surface area contributed by atoms with Gasteiger partial charge in [-0.25, -0.2) is 0 Å². The molecule has 2 nitrogen and oxygen atoms in total. The molecule has 1 aromatic carbocycles. The third-order valence-electron chi connectivity index (χ3n) is 3.34. The molecule has 96 valence electrons. The molecule has 2 rings (SSSR count). The molecule has 1 atom stereocenters. The van der Waals surface area contributed by atoms with E-state index < -0.39 is 0 Å². The number of rotatable bonds is 3. The van der Waals surface area contributed by atoms with Gasteiger partial charge in [-0.3, -0.25) is 4.90 Å². The van der Waals surface area contributed by atoms with Crippen molar-refractivity contribution in [2.24, 2.45) is 5.92 Å². The van der Waals surface area contributed by atoms with Crippen LogP contribution in [0, 0.1) is 17.8 Å². The highest BCUT2D eigenvalue weighted by molar-refractivity contribution is 5.36. The van der Waals surface area contributed by atoms with Gasteiger partial charge in [0.15, 0.2) is 0 Å². The second-order valence-corrected chi connectivity index (χ2v) is 5.10. The number of hydrogen-bond donors (Lipinski definition) is 1. The molecule has 0 radical (unpaired) electrons. The number of benzene rings is 1. The van der Waals surface area contributed by atoms with Crippen LogP contribution in [0.5, 0.6) is 0 Å². The lowest BCUT2D eigenvalue weighted by molar-refractivity contribution is 0.305. The molecule has 1 saturated heterocycles. The molecule has 0 bridgehead atoms. The molecule has 18 heavy (non-hydrogen) atoms. The second-order valence-electron chi connectivity index (χ2n) is 5.10. The van der Waals surface area contributed by atoms with E-state index in [2.05, 4.69) is 47.9 Å². The van der Waals surface area contributed by atoms with Crippen molar-refractivity contribution in [2.75, 3.05) is 19.7 Å². The molecule has 0 aromatic heterocycles. The van der Waals surface area contributed by atoms with Gasteiger partial charge < -0.3 is 5.11 Å². The summed E-state index contributed by atoms with van der Waals surface area (Å²) in [5, 5.41) is 8.66. The first-order valence-electron chi connectivity index (χ1n) is 6.69. The number of hydrogen-bond acceptors (Lipinski definition) is 2. The van der Waals surface area contributed by atoms with Crippen molar-refractivity contribution in [1.29, 1.82) is 0 Å². The van der Waals surface area contributed by atoms with Crippen LogP contribution >= 0.6 is 0 Å². The Morgan fingerprint density at radius 2 is 2.11 bits per heavy atom. The van der Waals surface area contributed by atoms with Gasteiger partial charge in [-0.05, 0) is 36.6 Å². The minimum absolute atomic E-state index is 0.137. The van der Waals surface area contributed by atoms with E-state index in [1.807, 2.05) is 0 Å². The van der Waals surface area contributed by atoms with Crippen molar-refractivity contribution >= 4 is 0 Å². The molecule has 0 saturated carbocycles. The Kier molecular flexibility index (Phi) is 4.81. The van der Waals surface area contributed by atoms with Crippen molar-refractivity contribution in [1.82, 2.24) is 4.90 Å². The lowest BCUT2D eigenvalue weighted by atomic mass is 10.1. The lowest BCUT2D eigenvalue weighted by Gasteiger charge is -2.15. The Hall–Kier alpha value is -1.30. The summed E-state index contributed by atoms with van der Waals surface area (Å²) in [5.74, 6) is 6.83. The minimum Gasteiger partial charge on any atom is -0.395 e. The third kappa shape index (κ3) is 3.87. The Bertz CT molecular complexity index is 427.